The predicted octanol–water partition coefficient (Wildman–Crippen LogP) is 1.85. The maximum atomic E-state index is 12.4. The standard InChI is InChI=1S/C22H31N3O3S/c1-16-7-12-19(13-20(16)29(27,28)23-5)24-21(26)15-25(6)14-17-8-10-18(11-9-17)22(2,3)4/h7-13,23H,14-15H2,1-6H3,(H,24,26)/p+1. The van der Waals surface area contributed by atoms with Crippen molar-refractivity contribution in [1.82, 2.24) is 4.72 Å². The predicted molar refractivity (Wildman–Crippen MR) is 117 cm³/mol. The normalized spacial score (nSPS) is 13.2. The minimum atomic E-state index is -3.57. The number of carbonyl (C=O) groups is 1. The number of aryl methyl sites for hydroxylation is 1. The fraction of sp³-hybridized carbons (Fsp3) is 0.409. The average molecular weight is 419 g/mol. The summed E-state index contributed by atoms with van der Waals surface area (Å²) in [4.78, 5) is 13.6. The second-order valence-electron chi connectivity index (χ2n) is 8.49. The molecule has 1 atom stereocenters. The van der Waals surface area contributed by atoms with Crippen molar-refractivity contribution in [2.24, 2.45) is 0 Å². The molecule has 29 heavy (non-hydrogen) atoms. The van der Waals surface area contributed by atoms with E-state index in [1.807, 2.05) is 7.05 Å². The third-order valence-electron chi connectivity index (χ3n) is 4.82. The molecule has 0 radical (unpaired) electrons. The molecule has 0 spiro atoms. The van der Waals surface area contributed by atoms with E-state index >= 15 is 0 Å². The average Bonchev–Trinajstić information content (AvgIpc) is 2.62. The van der Waals surface area contributed by atoms with Crippen LogP contribution in [0, 0.1) is 6.92 Å². The molecular formula is C22H32N3O3S+. The number of carbonyl (C=O) groups excluding carboxylic acids is 1. The van der Waals surface area contributed by atoms with Gasteiger partial charge in [0.05, 0.1) is 11.9 Å². The minimum absolute atomic E-state index is 0.116. The number of amides is 1. The molecule has 2 aromatic carbocycles. The second kappa shape index (κ2) is 9.07. The van der Waals surface area contributed by atoms with Crippen molar-refractivity contribution < 1.29 is 18.1 Å². The molecule has 6 nitrogen and oxygen atoms in total. The Kier molecular flexibility index (Phi) is 7.21. The van der Waals surface area contributed by atoms with Gasteiger partial charge >= 0.3 is 0 Å². The monoisotopic (exact) mass is 418 g/mol. The molecule has 2 aromatic rings. The van der Waals surface area contributed by atoms with E-state index in [2.05, 4.69) is 55.1 Å². The van der Waals surface area contributed by atoms with Gasteiger partial charge in [0.25, 0.3) is 5.91 Å². The molecule has 0 aromatic heterocycles. The van der Waals surface area contributed by atoms with Crippen molar-refractivity contribution in [3.63, 3.8) is 0 Å². The number of sulfonamides is 1. The Bertz CT molecular complexity index is 962. The first-order chi connectivity index (χ1) is 13.4. The lowest BCUT2D eigenvalue weighted by atomic mass is 9.87. The molecule has 2 rings (SSSR count). The summed E-state index contributed by atoms with van der Waals surface area (Å²) in [5.74, 6) is -0.162. The summed E-state index contributed by atoms with van der Waals surface area (Å²) in [5.41, 5.74) is 3.66. The zero-order chi connectivity index (χ0) is 21.8. The van der Waals surface area contributed by atoms with Crippen LogP contribution in [0.25, 0.3) is 0 Å². The third-order valence-corrected chi connectivity index (χ3v) is 6.37. The van der Waals surface area contributed by atoms with Crippen LogP contribution in [0.4, 0.5) is 5.69 Å². The summed E-state index contributed by atoms with van der Waals surface area (Å²) in [7, 11) is -0.243. The Morgan fingerprint density at radius 1 is 1.07 bits per heavy atom. The van der Waals surface area contributed by atoms with Gasteiger partial charge in [0.2, 0.25) is 10.0 Å². The molecule has 0 aliphatic carbocycles. The number of anilines is 1. The van der Waals surface area contributed by atoms with E-state index < -0.39 is 10.0 Å². The summed E-state index contributed by atoms with van der Waals surface area (Å²) in [5, 5.41) is 2.80. The largest absolute Gasteiger partial charge is 0.326 e. The highest BCUT2D eigenvalue weighted by Gasteiger charge is 2.17. The Morgan fingerprint density at radius 3 is 2.24 bits per heavy atom. The van der Waals surface area contributed by atoms with Gasteiger partial charge in [-0.3, -0.25) is 4.79 Å². The number of benzene rings is 2. The van der Waals surface area contributed by atoms with E-state index in [-0.39, 0.29) is 22.8 Å². The first kappa shape index (κ1) is 23.1. The van der Waals surface area contributed by atoms with Crippen LogP contribution < -0.4 is 14.9 Å². The topological polar surface area (TPSA) is 79.7 Å². The number of hydrogen-bond acceptors (Lipinski definition) is 3. The lowest BCUT2D eigenvalue weighted by Gasteiger charge is -2.20. The van der Waals surface area contributed by atoms with Crippen molar-refractivity contribution >= 4 is 21.6 Å². The van der Waals surface area contributed by atoms with Gasteiger partial charge in [0, 0.05) is 11.3 Å². The third kappa shape index (κ3) is 6.39. The number of quaternary nitrogens is 1. The number of rotatable bonds is 7. The smallest absolute Gasteiger partial charge is 0.279 e. The van der Waals surface area contributed by atoms with E-state index in [9.17, 15) is 13.2 Å². The molecule has 0 heterocycles. The Hall–Kier alpha value is -2.22. The summed E-state index contributed by atoms with van der Waals surface area (Å²) in [6, 6.07) is 13.4. The Morgan fingerprint density at radius 2 is 1.69 bits per heavy atom. The molecule has 0 saturated carbocycles. The number of likely N-dealkylation sites (N-methyl/N-ethyl adjacent to an activating group) is 1. The second-order valence-corrected chi connectivity index (χ2v) is 10.3. The molecule has 7 heteroatoms. The van der Waals surface area contributed by atoms with E-state index in [0.29, 0.717) is 11.3 Å². The van der Waals surface area contributed by atoms with E-state index in [1.165, 1.54) is 24.2 Å². The number of nitrogens with one attached hydrogen (secondary N) is 3. The molecule has 0 aliphatic rings. The highest BCUT2D eigenvalue weighted by molar-refractivity contribution is 7.89. The highest BCUT2D eigenvalue weighted by Crippen LogP contribution is 2.22. The van der Waals surface area contributed by atoms with Crippen LogP contribution >= 0.6 is 0 Å². The maximum Gasteiger partial charge on any atom is 0.279 e. The summed E-state index contributed by atoms with van der Waals surface area (Å²) in [6.07, 6.45) is 0. The molecule has 158 valence electrons. The van der Waals surface area contributed by atoms with Crippen LogP contribution in [-0.2, 0) is 26.8 Å². The maximum absolute atomic E-state index is 12.4. The molecule has 0 bridgehead atoms. The van der Waals surface area contributed by atoms with Gasteiger partial charge in [-0.05, 0) is 42.6 Å². The van der Waals surface area contributed by atoms with Crippen LogP contribution in [0.15, 0.2) is 47.4 Å². The van der Waals surface area contributed by atoms with Crippen LogP contribution in [0.5, 0.6) is 0 Å². The van der Waals surface area contributed by atoms with E-state index in [0.717, 1.165) is 11.4 Å². The van der Waals surface area contributed by atoms with Gasteiger partial charge in [0.15, 0.2) is 6.54 Å². The molecule has 0 fully saturated rings. The minimum Gasteiger partial charge on any atom is -0.326 e. The van der Waals surface area contributed by atoms with Gasteiger partial charge in [0.1, 0.15) is 6.54 Å². The van der Waals surface area contributed by atoms with Gasteiger partial charge in [-0.1, -0.05) is 51.1 Å². The van der Waals surface area contributed by atoms with Crippen LogP contribution in [0.2, 0.25) is 0 Å². The lowest BCUT2D eigenvalue weighted by molar-refractivity contribution is -0.885. The van der Waals surface area contributed by atoms with Crippen molar-refractivity contribution in [2.45, 2.75) is 44.6 Å². The summed E-state index contributed by atoms with van der Waals surface area (Å²) < 4.78 is 26.5. The van der Waals surface area contributed by atoms with Crippen molar-refractivity contribution in [3.8, 4) is 0 Å². The highest BCUT2D eigenvalue weighted by atomic mass is 32.2. The molecule has 3 N–H and O–H groups in total. The molecular weight excluding hydrogens is 386 g/mol. The van der Waals surface area contributed by atoms with Gasteiger partial charge in [-0.2, -0.15) is 0 Å². The molecule has 0 saturated heterocycles. The van der Waals surface area contributed by atoms with Crippen LogP contribution in [0.3, 0.4) is 0 Å². The number of hydrogen-bond donors (Lipinski definition) is 3. The summed E-state index contributed by atoms with van der Waals surface area (Å²) >= 11 is 0. The zero-order valence-electron chi connectivity index (χ0n) is 18.1. The first-order valence-corrected chi connectivity index (χ1v) is 11.2. The van der Waals surface area contributed by atoms with Crippen LogP contribution in [0.1, 0.15) is 37.5 Å². The molecule has 1 unspecified atom stereocenters. The van der Waals surface area contributed by atoms with E-state index in [1.54, 1.807) is 19.1 Å². The van der Waals surface area contributed by atoms with Gasteiger partial charge < -0.3 is 10.2 Å². The zero-order valence-corrected chi connectivity index (χ0v) is 18.9. The first-order valence-electron chi connectivity index (χ1n) is 9.67. The molecule has 0 aliphatic heterocycles. The van der Waals surface area contributed by atoms with Crippen LogP contribution in [-0.4, -0.2) is 35.0 Å². The summed E-state index contributed by atoms with van der Waals surface area (Å²) in [6.45, 7) is 9.28. The van der Waals surface area contributed by atoms with Crippen molar-refractivity contribution in [2.75, 3.05) is 26.0 Å². The fourth-order valence-electron chi connectivity index (χ4n) is 3.09. The van der Waals surface area contributed by atoms with Crippen molar-refractivity contribution in [3.05, 3.63) is 59.2 Å². The molecule has 1 amide bonds. The fourth-order valence-corrected chi connectivity index (χ4v) is 4.08. The SMILES string of the molecule is CNS(=O)(=O)c1cc(NC(=O)C[NH+](C)Cc2ccc(C(C)(C)C)cc2)ccc1C. The van der Waals surface area contributed by atoms with Gasteiger partial charge in [-0.15, -0.1) is 0 Å². The quantitative estimate of drug-likeness (QED) is 0.642. The van der Waals surface area contributed by atoms with Crippen molar-refractivity contribution in [1.29, 1.82) is 0 Å². The Labute approximate surface area is 174 Å². The lowest BCUT2D eigenvalue weighted by Crippen LogP contribution is -3.08. The Balaban J connectivity index is 1.99. The van der Waals surface area contributed by atoms with E-state index in [4.69, 9.17) is 0 Å². The van der Waals surface area contributed by atoms with Gasteiger partial charge in [-0.25, -0.2) is 13.1 Å².